The lowest BCUT2D eigenvalue weighted by Crippen LogP contribution is -2.07. The summed E-state index contributed by atoms with van der Waals surface area (Å²) in [6.07, 6.45) is 4.35. The van der Waals surface area contributed by atoms with Crippen LogP contribution < -0.4 is 4.74 Å². The molecule has 1 aromatic carbocycles. The summed E-state index contributed by atoms with van der Waals surface area (Å²) in [5.74, 6) is 2.59. The van der Waals surface area contributed by atoms with E-state index in [2.05, 4.69) is 45.0 Å². The molecule has 0 unspecified atom stereocenters. The largest absolute Gasteiger partial charge is 0.491 e. The van der Waals surface area contributed by atoms with Gasteiger partial charge in [-0.2, -0.15) is 0 Å². The van der Waals surface area contributed by atoms with Crippen LogP contribution in [0.2, 0.25) is 0 Å². The lowest BCUT2D eigenvalue weighted by molar-refractivity contribution is 0.242. The van der Waals surface area contributed by atoms with Gasteiger partial charge in [0, 0.05) is 0 Å². The molecule has 88 valence electrons. The van der Waals surface area contributed by atoms with Crippen LogP contribution in [0.3, 0.4) is 0 Å². The van der Waals surface area contributed by atoms with Gasteiger partial charge in [-0.05, 0) is 49.8 Å². The quantitative estimate of drug-likeness (QED) is 0.731. The topological polar surface area (TPSA) is 9.23 Å². The van der Waals surface area contributed by atoms with E-state index < -0.39 is 0 Å². The van der Waals surface area contributed by atoms with Crippen LogP contribution in [0.15, 0.2) is 24.3 Å². The van der Waals surface area contributed by atoms with Crippen molar-refractivity contribution in [1.29, 1.82) is 0 Å². The van der Waals surface area contributed by atoms with Gasteiger partial charge in [0.1, 0.15) is 5.75 Å². The lowest BCUT2D eigenvalue weighted by Gasteiger charge is -2.17. The molecule has 0 heterocycles. The highest BCUT2D eigenvalue weighted by Crippen LogP contribution is 2.39. The third-order valence-corrected chi connectivity index (χ3v) is 3.52. The van der Waals surface area contributed by atoms with E-state index in [0.717, 1.165) is 17.6 Å². The summed E-state index contributed by atoms with van der Waals surface area (Å²) in [7, 11) is 0. The molecule has 0 N–H and O–H groups in total. The van der Waals surface area contributed by atoms with E-state index in [1.165, 1.54) is 24.8 Å². The normalized spacial score (nSPS) is 25.0. The molecule has 0 bridgehead atoms. The molecule has 1 heteroatoms. The van der Waals surface area contributed by atoms with Crippen LogP contribution in [-0.2, 0) is 0 Å². The zero-order chi connectivity index (χ0) is 11.5. The second-order valence-corrected chi connectivity index (χ2v) is 5.25. The van der Waals surface area contributed by atoms with Crippen LogP contribution in [0.1, 0.15) is 51.5 Å². The Morgan fingerprint density at radius 1 is 1.25 bits per heavy atom. The number of hydrogen-bond acceptors (Lipinski definition) is 1. The number of hydrogen-bond donors (Lipinski definition) is 0. The Hall–Kier alpha value is -0.980. The zero-order valence-corrected chi connectivity index (χ0v) is 10.6. The van der Waals surface area contributed by atoms with Crippen LogP contribution in [0, 0.1) is 5.92 Å². The van der Waals surface area contributed by atoms with Crippen molar-refractivity contribution >= 4 is 0 Å². The van der Waals surface area contributed by atoms with Gasteiger partial charge in [0.15, 0.2) is 0 Å². The highest BCUT2D eigenvalue weighted by molar-refractivity contribution is 5.31. The number of rotatable bonds is 3. The van der Waals surface area contributed by atoms with E-state index in [1.807, 2.05) is 0 Å². The Morgan fingerprint density at radius 3 is 2.69 bits per heavy atom. The third-order valence-electron chi connectivity index (χ3n) is 3.52. The summed E-state index contributed by atoms with van der Waals surface area (Å²) in [6.45, 7) is 6.52. The molecule has 0 radical (unpaired) electrons. The molecule has 0 spiro atoms. The van der Waals surface area contributed by atoms with Gasteiger partial charge >= 0.3 is 0 Å². The molecule has 1 aliphatic carbocycles. The van der Waals surface area contributed by atoms with Gasteiger partial charge in [-0.25, -0.2) is 0 Å². The van der Waals surface area contributed by atoms with Gasteiger partial charge in [0.25, 0.3) is 0 Å². The molecule has 2 rings (SSSR count). The maximum absolute atomic E-state index is 5.75. The second kappa shape index (κ2) is 4.90. The van der Waals surface area contributed by atoms with Gasteiger partial charge < -0.3 is 4.74 Å². The predicted molar refractivity (Wildman–Crippen MR) is 68.0 cm³/mol. The summed E-state index contributed by atoms with van der Waals surface area (Å²) >= 11 is 0. The van der Waals surface area contributed by atoms with Gasteiger partial charge in [0.2, 0.25) is 0 Å². The molecule has 0 saturated heterocycles. The SMILES string of the molecule is CC(C)Oc1cccc([C@H]2CCC[C@H]2C)c1. The van der Waals surface area contributed by atoms with E-state index in [-0.39, 0.29) is 6.10 Å². The monoisotopic (exact) mass is 218 g/mol. The van der Waals surface area contributed by atoms with Crippen molar-refractivity contribution < 1.29 is 4.74 Å². The van der Waals surface area contributed by atoms with Crippen molar-refractivity contribution in [2.75, 3.05) is 0 Å². The molecule has 0 amide bonds. The average molecular weight is 218 g/mol. The minimum atomic E-state index is 0.260. The molecule has 0 aromatic heterocycles. The standard InChI is InChI=1S/C15H22O/c1-11(2)16-14-8-5-7-13(10-14)15-9-4-6-12(15)3/h5,7-8,10-12,15H,4,6,9H2,1-3H3/t12-,15+/m1/s1. The molecule has 1 saturated carbocycles. The van der Waals surface area contributed by atoms with E-state index in [1.54, 1.807) is 0 Å². The lowest BCUT2D eigenvalue weighted by atomic mass is 9.90. The highest BCUT2D eigenvalue weighted by atomic mass is 16.5. The van der Waals surface area contributed by atoms with Crippen molar-refractivity contribution in [3.63, 3.8) is 0 Å². The molecule has 1 fully saturated rings. The molecule has 1 aromatic rings. The first-order valence-electron chi connectivity index (χ1n) is 6.43. The van der Waals surface area contributed by atoms with Crippen molar-refractivity contribution in [1.82, 2.24) is 0 Å². The van der Waals surface area contributed by atoms with Crippen LogP contribution in [0.5, 0.6) is 5.75 Å². The fraction of sp³-hybridized carbons (Fsp3) is 0.600. The maximum atomic E-state index is 5.75. The molecule has 1 nitrogen and oxygen atoms in total. The summed E-state index contributed by atoms with van der Waals surface area (Å²) in [5, 5.41) is 0. The number of benzene rings is 1. The third kappa shape index (κ3) is 2.58. The first kappa shape index (κ1) is 11.5. The van der Waals surface area contributed by atoms with Crippen molar-refractivity contribution in [3.05, 3.63) is 29.8 Å². The zero-order valence-electron chi connectivity index (χ0n) is 10.6. The first-order chi connectivity index (χ1) is 7.66. The molecular formula is C15H22O. The molecule has 1 aliphatic rings. The van der Waals surface area contributed by atoms with Crippen LogP contribution in [0.4, 0.5) is 0 Å². The smallest absolute Gasteiger partial charge is 0.119 e. The highest BCUT2D eigenvalue weighted by Gasteiger charge is 2.24. The van der Waals surface area contributed by atoms with Crippen molar-refractivity contribution in [2.45, 2.75) is 52.1 Å². The van der Waals surface area contributed by atoms with E-state index in [9.17, 15) is 0 Å². The van der Waals surface area contributed by atoms with Crippen LogP contribution in [0.25, 0.3) is 0 Å². The Balaban J connectivity index is 2.15. The van der Waals surface area contributed by atoms with Crippen molar-refractivity contribution in [2.24, 2.45) is 5.92 Å². The summed E-state index contributed by atoms with van der Waals surface area (Å²) in [6, 6.07) is 8.66. The Kier molecular flexibility index (Phi) is 3.52. The van der Waals surface area contributed by atoms with Gasteiger partial charge in [-0.15, -0.1) is 0 Å². The molecule has 16 heavy (non-hydrogen) atoms. The predicted octanol–water partition coefficient (Wildman–Crippen LogP) is 4.38. The van der Waals surface area contributed by atoms with Crippen LogP contribution >= 0.6 is 0 Å². The fourth-order valence-electron chi connectivity index (χ4n) is 2.73. The molecule has 0 aliphatic heterocycles. The van der Waals surface area contributed by atoms with E-state index >= 15 is 0 Å². The minimum absolute atomic E-state index is 0.260. The van der Waals surface area contributed by atoms with Gasteiger partial charge in [0.05, 0.1) is 6.10 Å². The molecule has 2 atom stereocenters. The minimum Gasteiger partial charge on any atom is -0.491 e. The first-order valence-corrected chi connectivity index (χ1v) is 6.43. The van der Waals surface area contributed by atoms with Gasteiger partial charge in [-0.1, -0.05) is 31.9 Å². The van der Waals surface area contributed by atoms with Crippen LogP contribution in [-0.4, -0.2) is 6.10 Å². The average Bonchev–Trinajstić information content (AvgIpc) is 2.64. The summed E-state index contributed by atoms with van der Waals surface area (Å²) in [4.78, 5) is 0. The molecular weight excluding hydrogens is 196 g/mol. The Labute approximate surface area is 98.8 Å². The Morgan fingerprint density at radius 2 is 2.06 bits per heavy atom. The number of ether oxygens (including phenoxy) is 1. The second-order valence-electron chi connectivity index (χ2n) is 5.25. The Bertz CT molecular complexity index is 343. The summed E-state index contributed by atoms with van der Waals surface area (Å²) in [5.41, 5.74) is 1.46. The van der Waals surface area contributed by atoms with E-state index in [0.29, 0.717) is 0 Å². The van der Waals surface area contributed by atoms with Crippen molar-refractivity contribution in [3.8, 4) is 5.75 Å². The summed E-state index contributed by atoms with van der Waals surface area (Å²) < 4.78 is 5.75. The van der Waals surface area contributed by atoms with E-state index in [4.69, 9.17) is 4.74 Å². The fourth-order valence-corrected chi connectivity index (χ4v) is 2.73. The maximum Gasteiger partial charge on any atom is 0.119 e. The van der Waals surface area contributed by atoms with Gasteiger partial charge in [-0.3, -0.25) is 0 Å².